The topological polar surface area (TPSA) is 17.8 Å². The summed E-state index contributed by atoms with van der Waals surface area (Å²) in [7, 11) is 0. The predicted octanol–water partition coefficient (Wildman–Crippen LogP) is 4.92. The van der Waals surface area contributed by atoms with Gasteiger partial charge in [-0.1, -0.05) is 31.9 Å². The fraction of sp³-hybridized carbons (Fsp3) is 0.562. The highest BCUT2D eigenvalue weighted by Gasteiger charge is 2.21. The number of nitrogens with zero attached hydrogens (tertiary/aromatic N) is 2. The summed E-state index contributed by atoms with van der Waals surface area (Å²) in [5.41, 5.74) is 2.33. The molecule has 2 nitrogen and oxygen atoms in total. The Balaban J connectivity index is 2.02. The SMILES string of the molecule is CC1CCCC(n2c(CCl)nc3ccccc32)CC1. The summed E-state index contributed by atoms with van der Waals surface area (Å²) in [6.07, 6.45) is 6.51. The normalized spacial score (nSPS) is 24.5. The molecule has 1 aliphatic carbocycles. The number of aromatic nitrogens is 2. The van der Waals surface area contributed by atoms with Crippen molar-refractivity contribution in [2.24, 2.45) is 5.92 Å². The van der Waals surface area contributed by atoms with Gasteiger partial charge in [-0.25, -0.2) is 4.98 Å². The van der Waals surface area contributed by atoms with Crippen molar-refractivity contribution >= 4 is 22.6 Å². The maximum atomic E-state index is 6.11. The zero-order valence-electron chi connectivity index (χ0n) is 11.5. The molecule has 1 aromatic carbocycles. The van der Waals surface area contributed by atoms with Gasteiger partial charge in [0.2, 0.25) is 0 Å². The number of hydrogen-bond acceptors (Lipinski definition) is 1. The molecule has 0 spiro atoms. The van der Waals surface area contributed by atoms with Crippen molar-refractivity contribution in [3.8, 4) is 0 Å². The fourth-order valence-corrected chi connectivity index (χ4v) is 3.51. The summed E-state index contributed by atoms with van der Waals surface area (Å²) in [5.74, 6) is 2.39. The quantitative estimate of drug-likeness (QED) is 0.562. The monoisotopic (exact) mass is 276 g/mol. The molecule has 2 aromatic rings. The Bertz CT molecular complexity index is 561. The number of para-hydroxylation sites is 2. The van der Waals surface area contributed by atoms with Crippen LogP contribution in [-0.2, 0) is 5.88 Å². The number of hydrogen-bond donors (Lipinski definition) is 0. The van der Waals surface area contributed by atoms with Crippen molar-refractivity contribution in [1.29, 1.82) is 0 Å². The average molecular weight is 277 g/mol. The second-order valence-corrected chi connectivity index (χ2v) is 6.05. The number of fused-ring (bicyclic) bond motifs is 1. The van der Waals surface area contributed by atoms with Crippen LogP contribution in [0.25, 0.3) is 11.0 Å². The number of benzene rings is 1. The largest absolute Gasteiger partial charge is 0.324 e. The molecule has 0 N–H and O–H groups in total. The molecule has 0 aliphatic heterocycles. The molecule has 1 fully saturated rings. The Morgan fingerprint density at radius 2 is 2.05 bits per heavy atom. The van der Waals surface area contributed by atoms with Crippen molar-refractivity contribution in [2.75, 3.05) is 0 Å². The number of alkyl halides is 1. The van der Waals surface area contributed by atoms with Gasteiger partial charge in [-0.2, -0.15) is 0 Å². The van der Waals surface area contributed by atoms with Gasteiger partial charge in [0, 0.05) is 6.04 Å². The smallest absolute Gasteiger partial charge is 0.125 e. The van der Waals surface area contributed by atoms with Crippen LogP contribution in [0.3, 0.4) is 0 Å². The molecule has 3 rings (SSSR count). The maximum absolute atomic E-state index is 6.11. The van der Waals surface area contributed by atoms with Crippen LogP contribution in [0.15, 0.2) is 24.3 Å². The summed E-state index contributed by atoms with van der Waals surface area (Å²) in [4.78, 5) is 4.69. The standard InChI is InChI=1S/C16H21ClN2/c1-12-5-4-6-13(10-9-12)19-15-8-3-2-7-14(15)18-16(19)11-17/h2-3,7-8,12-13H,4-6,9-11H2,1H3. The summed E-state index contributed by atoms with van der Waals surface area (Å²) in [6, 6.07) is 8.98. The van der Waals surface area contributed by atoms with Crippen molar-refractivity contribution < 1.29 is 0 Å². The Kier molecular flexibility index (Phi) is 3.79. The molecule has 2 atom stereocenters. The molecule has 0 radical (unpaired) electrons. The molecule has 1 saturated carbocycles. The first-order valence-corrected chi connectivity index (χ1v) is 7.85. The Morgan fingerprint density at radius 1 is 1.21 bits per heavy atom. The average Bonchev–Trinajstić information content (AvgIpc) is 2.68. The lowest BCUT2D eigenvalue weighted by Crippen LogP contribution is -2.11. The Hall–Kier alpha value is -1.02. The van der Waals surface area contributed by atoms with Gasteiger partial charge in [0.25, 0.3) is 0 Å². The van der Waals surface area contributed by atoms with Crippen LogP contribution < -0.4 is 0 Å². The molecule has 1 aromatic heterocycles. The molecule has 0 bridgehead atoms. The lowest BCUT2D eigenvalue weighted by molar-refractivity contribution is 0.433. The highest BCUT2D eigenvalue weighted by molar-refractivity contribution is 6.16. The minimum Gasteiger partial charge on any atom is -0.324 e. The molecular weight excluding hydrogens is 256 g/mol. The van der Waals surface area contributed by atoms with Crippen LogP contribution in [0.5, 0.6) is 0 Å². The van der Waals surface area contributed by atoms with Crippen LogP contribution in [0, 0.1) is 5.92 Å². The van der Waals surface area contributed by atoms with Crippen LogP contribution in [0.4, 0.5) is 0 Å². The zero-order valence-corrected chi connectivity index (χ0v) is 12.2. The second-order valence-electron chi connectivity index (χ2n) is 5.79. The number of imidazole rings is 1. The lowest BCUT2D eigenvalue weighted by atomic mass is 10.0. The van der Waals surface area contributed by atoms with E-state index in [0.29, 0.717) is 11.9 Å². The highest BCUT2D eigenvalue weighted by atomic mass is 35.5. The molecule has 3 heteroatoms. The van der Waals surface area contributed by atoms with E-state index in [1.165, 1.54) is 37.6 Å². The number of halogens is 1. The molecule has 102 valence electrons. The van der Waals surface area contributed by atoms with Gasteiger partial charge in [-0.15, -0.1) is 11.6 Å². The third-order valence-electron chi connectivity index (χ3n) is 4.38. The molecule has 1 aliphatic rings. The van der Waals surface area contributed by atoms with E-state index >= 15 is 0 Å². The van der Waals surface area contributed by atoms with E-state index in [2.05, 4.69) is 34.7 Å². The van der Waals surface area contributed by atoms with Crippen molar-refractivity contribution in [3.05, 3.63) is 30.1 Å². The van der Waals surface area contributed by atoms with Crippen LogP contribution >= 0.6 is 11.6 Å². The number of rotatable bonds is 2. The summed E-state index contributed by atoms with van der Waals surface area (Å²) in [5, 5.41) is 0. The van der Waals surface area contributed by atoms with Gasteiger partial charge in [0.15, 0.2) is 0 Å². The van der Waals surface area contributed by atoms with E-state index in [4.69, 9.17) is 11.6 Å². The van der Waals surface area contributed by atoms with E-state index in [1.54, 1.807) is 0 Å². The van der Waals surface area contributed by atoms with Gasteiger partial charge in [-0.05, 0) is 37.3 Å². The highest BCUT2D eigenvalue weighted by Crippen LogP contribution is 2.33. The van der Waals surface area contributed by atoms with E-state index in [9.17, 15) is 0 Å². The van der Waals surface area contributed by atoms with Gasteiger partial charge in [0.05, 0.1) is 16.9 Å². The van der Waals surface area contributed by atoms with Crippen LogP contribution in [0.1, 0.15) is 50.9 Å². The summed E-state index contributed by atoms with van der Waals surface area (Å²) < 4.78 is 2.40. The third kappa shape index (κ3) is 2.51. The third-order valence-corrected chi connectivity index (χ3v) is 4.62. The van der Waals surface area contributed by atoms with Gasteiger partial charge >= 0.3 is 0 Å². The minimum atomic E-state index is 0.501. The van der Waals surface area contributed by atoms with E-state index in [1.807, 2.05) is 6.07 Å². The fourth-order valence-electron chi connectivity index (χ4n) is 3.32. The molecule has 2 unspecified atom stereocenters. The molecule has 19 heavy (non-hydrogen) atoms. The van der Waals surface area contributed by atoms with E-state index in [0.717, 1.165) is 17.3 Å². The van der Waals surface area contributed by atoms with Gasteiger partial charge in [0.1, 0.15) is 5.82 Å². The maximum Gasteiger partial charge on any atom is 0.125 e. The van der Waals surface area contributed by atoms with Crippen LogP contribution in [-0.4, -0.2) is 9.55 Å². The van der Waals surface area contributed by atoms with Gasteiger partial charge < -0.3 is 4.57 Å². The van der Waals surface area contributed by atoms with Gasteiger partial charge in [-0.3, -0.25) is 0 Å². The zero-order chi connectivity index (χ0) is 13.2. The van der Waals surface area contributed by atoms with Crippen LogP contribution in [0.2, 0.25) is 0 Å². The van der Waals surface area contributed by atoms with E-state index in [-0.39, 0.29) is 0 Å². The van der Waals surface area contributed by atoms with Crippen molar-refractivity contribution in [1.82, 2.24) is 9.55 Å². The second kappa shape index (κ2) is 5.54. The molecule has 1 heterocycles. The van der Waals surface area contributed by atoms with E-state index < -0.39 is 0 Å². The van der Waals surface area contributed by atoms with Crippen molar-refractivity contribution in [3.63, 3.8) is 0 Å². The predicted molar refractivity (Wildman–Crippen MR) is 80.6 cm³/mol. The molecule has 0 amide bonds. The first-order chi connectivity index (χ1) is 9.29. The minimum absolute atomic E-state index is 0.501. The molecular formula is C16H21ClN2. The van der Waals surface area contributed by atoms with Crippen molar-refractivity contribution in [2.45, 2.75) is 50.9 Å². The first kappa shape index (κ1) is 13.0. The first-order valence-electron chi connectivity index (χ1n) is 7.31. The Labute approximate surface area is 119 Å². The lowest BCUT2D eigenvalue weighted by Gasteiger charge is -2.19. The molecule has 0 saturated heterocycles. The Morgan fingerprint density at radius 3 is 2.89 bits per heavy atom. The summed E-state index contributed by atoms with van der Waals surface area (Å²) in [6.45, 7) is 2.37. The summed E-state index contributed by atoms with van der Waals surface area (Å²) >= 11 is 6.11.